The molecule has 0 bridgehead atoms. The maximum absolute atomic E-state index is 12.5. The number of carbonyl (C=O) groups excluding carboxylic acids is 2. The van der Waals surface area contributed by atoms with Crippen LogP contribution in [-0.4, -0.2) is 29.8 Å². The Morgan fingerprint density at radius 1 is 1.17 bits per heavy atom. The lowest BCUT2D eigenvalue weighted by atomic mass is 9.95. The van der Waals surface area contributed by atoms with Gasteiger partial charge in [-0.25, -0.2) is 0 Å². The van der Waals surface area contributed by atoms with Crippen LogP contribution in [-0.2, 0) is 4.79 Å². The second kappa shape index (κ2) is 6.91. The van der Waals surface area contributed by atoms with Gasteiger partial charge in [0, 0.05) is 24.7 Å². The number of nitrogens with one attached hydrogen (secondary N) is 1. The minimum Gasteiger partial charge on any atom is -0.472 e. The molecule has 126 valence electrons. The zero-order chi connectivity index (χ0) is 17.1. The fraction of sp³-hybridized carbons (Fsp3) is 0.368. The van der Waals surface area contributed by atoms with Crippen molar-refractivity contribution in [1.82, 2.24) is 4.90 Å². The first-order valence-electron chi connectivity index (χ1n) is 8.24. The quantitative estimate of drug-likeness (QED) is 0.940. The number of furan rings is 1. The van der Waals surface area contributed by atoms with Crippen LogP contribution in [0.1, 0.15) is 34.3 Å². The fourth-order valence-corrected chi connectivity index (χ4v) is 3.10. The molecule has 5 heteroatoms. The second-order valence-electron chi connectivity index (χ2n) is 6.39. The third-order valence-corrected chi connectivity index (χ3v) is 4.56. The molecular weight excluding hydrogens is 304 g/mol. The average molecular weight is 326 g/mol. The van der Waals surface area contributed by atoms with Gasteiger partial charge in [-0.15, -0.1) is 0 Å². The molecule has 1 fully saturated rings. The highest BCUT2D eigenvalue weighted by Crippen LogP contribution is 2.23. The number of carbonyl (C=O) groups is 2. The molecule has 0 saturated carbocycles. The molecule has 2 heterocycles. The maximum Gasteiger partial charge on any atom is 0.257 e. The predicted octanol–water partition coefficient (Wildman–Crippen LogP) is 3.39. The van der Waals surface area contributed by atoms with E-state index in [2.05, 4.69) is 11.4 Å². The van der Waals surface area contributed by atoms with Crippen molar-refractivity contribution in [2.24, 2.45) is 5.92 Å². The van der Waals surface area contributed by atoms with Gasteiger partial charge in [0.2, 0.25) is 5.91 Å². The summed E-state index contributed by atoms with van der Waals surface area (Å²) in [6.45, 7) is 5.21. The molecule has 0 spiro atoms. The molecule has 2 aromatic rings. The summed E-state index contributed by atoms with van der Waals surface area (Å²) in [6, 6.07) is 7.66. The lowest BCUT2D eigenvalue weighted by Crippen LogP contribution is -2.41. The number of amides is 2. The van der Waals surface area contributed by atoms with E-state index in [-0.39, 0.29) is 17.7 Å². The Morgan fingerprint density at radius 2 is 1.92 bits per heavy atom. The Labute approximate surface area is 141 Å². The minimum atomic E-state index is -0.0564. The summed E-state index contributed by atoms with van der Waals surface area (Å²) in [4.78, 5) is 26.5. The Morgan fingerprint density at radius 3 is 2.54 bits per heavy atom. The zero-order valence-corrected chi connectivity index (χ0v) is 14.0. The topological polar surface area (TPSA) is 62.6 Å². The molecule has 1 aliphatic heterocycles. The lowest BCUT2D eigenvalue weighted by Gasteiger charge is -2.31. The molecule has 3 rings (SSSR count). The number of nitrogens with zero attached hydrogens (tertiary/aromatic N) is 1. The van der Waals surface area contributed by atoms with Crippen LogP contribution < -0.4 is 5.32 Å². The van der Waals surface area contributed by atoms with Crippen LogP contribution in [0.5, 0.6) is 0 Å². The maximum atomic E-state index is 12.5. The molecule has 1 aromatic carbocycles. The Hall–Kier alpha value is -2.56. The minimum absolute atomic E-state index is 0.0306. The van der Waals surface area contributed by atoms with Gasteiger partial charge in [-0.05, 0) is 44.4 Å². The third kappa shape index (κ3) is 3.50. The van der Waals surface area contributed by atoms with Gasteiger partial charge >= 0.3 is 0 Å². The van der Waals surface area contributed by atoms with Crippen LogP contribution in [0.3, 0.4) is 0 Å². The number of hydrogen-bond acceptors (Lipinski definition) is 3. The first-order chi connectivity index (χ1) is 11.5. The number of rotatable bonds is 3. The molecular formula is C19H22N2O3. The lowest BCUT2D eigenvalue weighted by molar-refractivity contribution is -0.121. The molecule has 0 radical (unpaired) electrons. The predicted molar refractivity (Wildman–Crippen MR) is 91.9 cm³/mol. The third-order valence-electron chi connectivity index (χ3n) is 4.56. The zero-order valence-electron chi connectivity index (χ0n) is 14.0. The molecule has 1 aliphatic rings. The average Bonchev–Trinajstić information content (AvgIpc) is 3.11. The largest absolute Gasteiger partial charge is 0.472 e. The summed E-state index contributed by atoms with van der Waals surface area (Å²) in [7, 11) is 0. The van der Waals surface area contributed by atoms with Crippen molar-refractivity contribution >= 4 is 17.5 Å². The van der Waals surface area contributed by atoms with Crippen LogP contribution in [0, 0.1) is 19.8 Å². The Bertz CT molecular complexity index is 729. The van der Waals surface area contributed by atoms with Crippen LogP contribution in [0.15, 0.2) is 41.2 Å². The van der Waals surface area contributed by atoms with Crippen molar-refractivity contribution in [3.63, 3.8) is 0 Å². The van der Waals surface area contributed by atoms with Crippen LogP contribution in [0.25, 0.3) is 0 Å². The van der Waals surface area contributed by atoms with Gasteiger partial charge in [0.1, 0.15) is 6.26 Å². The van der Waals surface area contributed by atoms with Gasteiger partial charge in [0.15, 0.2) is 0 Å². The number of likely N-dealkylation sites (tertiary alicyclic amines) is 1. The van der Waals surface area contributed by atoms with Crippen LogP contribution in [0.4, 0.5) is 5.69 Å². The van der Waals surface area contributed by atoms with E-state index in [1.807, 2.05) is 26.0 Å². The van der Waals surface area contributed by atoms with Crippen molar-refractivity contribution in [2.75, 3.05) is 18.4 Å². The van der Waals surface area contributed by atoms with E-state index < -0.39 is 0 Å². The smallest absolute Gasteiger partial charge is 0.257 e. The standard InChI is InChI=1S/C19H22N2O3/c1-13-3-4-17(14(2)11-13)20-18(22)15-5-8-21(9-6-15)19(23)16-7-10-24-12-16/h3-4,7,10-12,15H,5-6,8-9H2,1-2H3,(H,20,22). The van der Waals surface area contributed by atoms with Crippen molar-refractivity contribution in [3.8, 4) is 0 Å². The highest BCUT2D eigenvalue weighted by Gasteiger charge is 2.28. The van der Waals surface area contributed by atoms with E-state index in [0.29, 0.717) is 31.5 Å². The molecule has 24 heavy (non-hydrogen) atoms. The van der Waals surface area contributed by atoms with Gasteiger partial charge in [0.25, 0.3) is 5.91 Å². The molecule has 1 N–H and O–H groups in total. The van der Waals surface area contributed by atoms with Crippen LogP contribution >= 0.6 is 0 Å². The SMILES string of the molecule is Cc1ccc(NC(=O)C2CCN(C(=O)c3ccoc3)CC2)c(C)c1. The van der Waals surface area contributed by atoms with E-state index >= 15 is 0 Å². The molecule has 0 unspecified atom stereocenters. The molecule has 1 aromatic heterocycles. The fourth-order valence-electron chi connectivity index (χ4n) is 3.10. The summed E-state index contributed by atoms with van der Waals surface area (Å²) in [5.41, 5.74) is 3.67. The highest BCUT2D eigenvalue weighted by molar-refractivity contribution is 5.95. The molecule has 0 atom stereocenters. The number of hydrogen-bond donors (Lipinski definition) is 1. The number of benzene rings is 1. The summed E-state index contributed by atoms with van der Waals surface area (Å²) in [6.07, 6.45) is 4.32. The van der Waals surface area contributed by atoms with Crippen molar-refractivity contribution in [2.45, 2.75) is 26.7 Å². The first kappa shape index (κ1) is 16.3. The number of piperidine rings is 1. The summed E-state index contributed by atoms with van der Waals surface area (Å²) < 4.78 is 4.96. The number of anilines is 1. The van der Waals surface area contributed by atoms with Crippen molar-refractivity contribution in [1.29, 1.82) is 0 Å². The van der Waals surface area contributed by atoms with Crippen LogP contribution in [0.2, 0.25) is 0 Å². The molecule has 2 amide bonds. The Kier molecular flexibility index (Phi) is 4.69. The second-order valence-corrected chi connectivity index (χ2v) is 6.39. The molecule has 5 nitrogen and oxygen atoms in total. The van der Waals surface area contributed by atoms with E-state index in [0.717, 1.165) is 11.3 Å². The summed E-state index contributed by atoms with van der Waals surface area (Å²) in [5.74, 6) is -0.0477. The first-order valence-corrected chi connectivity index (χ1v) is 8.24. The van der Waals surface area contributed by atoms with Crippen molar-refractivity contribution in [3.05, 3.63) is 53.5 Å². The van der Waals surface area contributed by atoms with Gasteiger partial charge in [-0.3, -0.25) is 9.59 Å². The molecule has 1 saturated heterocycles. The van der Waals surface area contributed by atoms with Gasteiger partial charge < -0.3 is 14.6 Å². The van der Waals surface area contributed by atoms with E-state index in [4.69, 9.17) is 4.42 Å². The summed E-state index contributed by atoms with van der Waals surface area (Å²) in [5, 5.41) is 3.02. The summed E-state index contributed by atoms with van der Waals surface area (Å²) >= 11 is 0. The molecule has 0 aliphatic carbocycles. The van der Waals surface area contributed by atoms with E-state index in [9.17, 15) is 9.59 Å². The number of aryl methyl sites for hydroxylation is 2. The highest BCUT2D eigenvalue weighted by atomic mass is 16.3. The van der Waals surface area contributed by atoms with Gasteiger partial charge in [-0.2, -0.15) is 0 Å². The van der Waals surface area contributed by atoms with E-state index in [1.165, 1.54) is 18.1 Å². The normalized spacial score (nSPS) is 15.3. The van der Waals surface area contributed by atoms with Crippen molar-refractivity contribution < 1.29 is 14.0 Å². The van der Waals surface area contributed by atoms with Gasteiger partial charge in [0.05, 0.1) is 11.8 Å². The van der Waals surface area contributed by atoms with Gasteiger partial charge in [-0.1, -0.05) is 17.7 Å². The van der Waals surface area contributed by atoms with E-state index in [1.54, 1.807) is 11.0 Å². The monoisotopic (exact) mass is 326 g/mol. The Balaban J connectivity index is 1.56.